The first-order valence-corrected chi connectivity index (χ1v) is 3.35. The van der Waals surface area contributed by atoms with E-state index in [0.29, 0.717) is 0 Å². The molecular formula is C7H17NNiO. The Morgan fingerprint density at radius 2 is 1.80 bits per heavy atom. The molecule has 66 valence electrons. The van der Waals surface area contributed by atoms with Crippen molar-refractivity contribution in [3.63, 3.8) is 0 Å². The summed E-state index contributed by atoms with van der Waals surface area (Å²) in [5, 5.41) is 9.45. The van der Waals surface area contributed by atoms with Crippen LogP contribution >= 0.6 is 0 Å². The van der Waals surface area contributed by atoms with Crippen LogP contribution in [-0.2, 0) is 16.5 Å². The monoisotopic (exact) mass is 189 g/mol. The molecule has 0 aromatic rings. The SMILES string of the molecule is CCC(C)(O)CN(C)C.[Ni]. The second-order valence-electron chi connectivity index (χ2n) is 3.09. The first kappa shape index (κ1) is 13.0. The molecule has 0 aliphatic carbocycles. The molecule has 0 radical (unpaired) electrons. The van der Waals surface area contributed by atoms with Crippen LogP contribution in [0, 0.1) is 0 Å². The summed E-state index contributed by atoms with van der Waals surface area (Å²) in [5.74, 6) is 0. The molecule has 2 nitrogen and oxygen atoms in total. The van der Waals surface area contributed by atoms with Gasteiger partial charge in [0.2, 0.25) is 0 Å². The topological polar surface area (TPSA) is 23.5 Å². The zero-order valence-corrected chi connectivity index (χ0v) is 8.11. The Morgan fingerprint density at radius 3 is 1.90 bits per heavy atom. The van der Waals surface area contributed by atoms with Gasteiger partial charge in [0.05, 0.1) is 5.60 Å². The van der Waals surface area contributed by atoms with Gasteiger partial charge in [0.15, 0.2) is 0 Å². The van der Waals surface area contributed by atoms with Gasteiger partial charge in [-0.15, -0.1) is 0 Å². The fourth-order valence-corrected chi connectivity index (χ4v) is 0.793. The largest absolute Gasteiger partial charge is 0.389 e. The van der Waals surface area contributed by atoms with Gasteiger partial charge >= 0.3 is 0 Å². The van der Waals surface area contributed by atoms with Crippen LogP contribution in [0.2, 0.25) is 0 Å². The van der Waals surface area contributed by atoms with Gasteiger partial charge in [0.1, 0.15) is 0 Å². The quantitative estimate of drug-likeness (QED) is 0.662. The minimum atomic E-state index is -0.510. The van der Waals surface area contributed by atoms with Crippen LogP contribution in [0.15, 0.2) is 0 Å². The van der Waals surface area contributed by atoms with Crippen molar-refractivity contribution in [2.45, 2.75) is 25.9 Å². The van der Waals surface area contributed by atoms with Crippen LogP contribution in [0.1, 0.15) is 20.3 Å². The van der Waals surface area contributed by atoms with Crippen molar-refractivity contribution in [3.05, 3.63) is 0 Å². The summed E-state index contributed by atoms with van der Waals surface area (Å²) in [4.78, 5) is 1.99. The van der Waals surface area contributed by atoms with Gasteiger partial charge in [-0.05, 0) is 27.4 Å². The predicted molar refractivity (Wildman–Crippen MR) is 39.5 cm³/mol. The first-order valence-electron chi connectivity index (χ1n) is 3.35. The Labute approximate surface area is 73.5 Å². The molecule has 0 saturated heterocycles. The van der Waals surface area contributed by atoms with Gasteiger partial charge < -0.3 is 10.0 Å². The number of nitrogens with zero attached hydrogens (tertiary/aromatic N) is 1. The minimum absolute atomic E-state index is 0. The van der Waals surface area contributed by atoms with E-state index in [1.54, 1.807) is 0 Å². The third-order valence-corrected chi connectivity index (χ3v) is 1.42. The fraction of sp³-hybridized carbons (Fsp3) is 1.00. The number of hydrogen-bond donors (Lipinski definition) is 1. The molecule has 1 atom stereocenters. The Kier molecular flexibility index (Phi) is 6.67. The van der Waals surface area contributed by atoms with Crippen molar-refractivity contribution < 1.29 is 21.6 Å². The molecule has 0 aromatic carbocycles. The Bertz CT molecular complexity index is 83.7. The third kappa shape index (κ3) is 6.53. The van der Waals surface area contributed by atoms with Crippen LogP contribution < -0.4 is 0 Å². The van der Waals surface area contributed by atoms with Gasteiger partial charge in [0, 0.05) is 23.0 Å². The zero-order valence-electron chi connectivity index (χ0n) is 7.12. The molecule has 0 aliphatic rings. The standard InChI is InChI=1S/C7H17NO.Ni/c1-5-7(2,9)6-8(3)4;/h9H,5-6H2,1-4H3;. The van der Waals surface area contributed by atoms with E-state index in [0.717, 1.165) is 13.0 Å². The van der Waals surface area contributed by atoms with Crippen molar-refractivity contribution in [3.8, 4) is 0 Å². The first-order chi connectivity index (χ1) is 3.98. The predicted octanol–water partition coefficient (Wildman–Crippen LogP) is 0.707. The Morgan fingerprint density at radius 1 is 1.40 bits per heavy atom. The minimum Gasteiger partial charge on any atom is -0.389 e. The van der Waals surface area contributed by atoms with E-state index in [4.69, 9.17) is 0 Å². The van der Waals surface area contributed by atoms with E-state index < -0.39 is 5.60 Å². The molecule has 0 rings (SSSR count). The molecule has 0 bridgehead atoms. The summed E-state index contributed by atoms with van der Waals surface area (Å²) in [6, 6.07) is 0. The van der Waals surface area contributed by atoms with E-state index in [2.05, 4.69) is 0 Å². The van der Waals surface area contributed by atoms with Gasteiger partial charge in [-0.25, -0.2) is 0 Å². The summed E-state index contributed by atoms with van der Waals surface area (Å²) in [5.41, 5.74) is -0.510. The van der Waals surface area contributed by atoms with E-state index in [1.165, 1.54) is 0 Å². The second kappa shape index (κ2) is 5.12. The molecule has 0 aromatic heterocycles. The molecule has 0 fully saturated rings. The van der Waals surface area contributed by atoms with Gasteiger partial charge in [-0.1, -0.05) is 6.92 Å². The fourth-order valence-electron chi connectivity index (χ4n) is 0.793. The molecular weight excluding hydrogens is 173 g/mol. The van der Waals surface area contributed by atoms with Crippen molar-refractivity contribution in [2.24, 2.45) is 0 Å². The van der Waals surface area contributed by atoms with Crippen LogP contribution in [-0.4, -0.2) is 36.2 Å². The number of rotatable bonds is 3. The van der Waals surface area contributed by atoms with Crippen molar-refractivity contribution in [1.29, 1.82) is 0 Å². The van der Waals surface area contributed by atoms with Gasteiger partial charge in [-0.2, -0.15) is 0 Å². The van der Waals surface area contributed by atoms with Gasteiger partial charge in [-0.3, -0.25) is 0 Å². The molecule has 3 heteroatoms. The maximum atomic E-state index is 9.45. The number of aliphatic hydroxyl groups is 1. The Balaban J connectivity index is 0. The van der Waals surface area contributed by atoms with Crippen molar-refractivity contribution in [2.75, 3.05) is 20.6 Å². The second-order valence-corrected chi connectivity index (χ2v) is 3.09. The van der Waals surface area contributed by atoms with E-state index >= 15 is 0 Å². The molecule has 0 aliphatic heterocycles. The van der Waals surface area contributed by atoms with Gasteiger partial charge in [0.25, 0.3) is 0 Å². The third-order valence-electron chi connectivity index (χ3n) is 1.42. The molecule has 1 unspecified atom stereocenters. The molecule has 10 heavy (non-hydrogen) atoms. The molecule has 0 saturated carbocycles. The normalized spacial score (nSPS) is 16.2. The van der Waals surface area contributed by atoms with Crippen LogP contribution in [0.25, 0.3) is 0 Å². The van der Waals surface area contributed by atoms with Crippen LogP contribution in [0.5, 0.6) is 0 Å². The number of hydrogen-bond acceptors (Lipinski definition) is 2. The number of likely N-dealkylation sites (N-methyl/N-ethyl adjacent to an activating group) is 1. The molecule has 0 spiro atoms. The Hall–Kier alpha value is 0.414. The molecule has 0 amide bonds. The maximum absolute atomic E-state index is 9.45. The summed E-state index contributed by atoms with van der Waals surface area (Å²) in [7, 11) is 3.92. The van der Waals surface area contributed by atoms with E-state index in [1.807, 2.05) is 32.8 Å². The van der Waals surface area contributed by atoms with Crippen LogP contribution in [0.3, 0.4) is 0 Å². The van der Waals surface area contributed by atoms with Crippen molar-refractivity contribution in [1.82, 2.24) is 4.90 Å². The summed E-state index contributed by atoms with van der Waals surface area (Å²) >= 11 is 0. The zero-order chi connectivity index (χ0) is 7.49. The summed E-state index contributed by atoms with van der Waals surface area (Å²) in [6.45, 7) is 4.58. The average Bonchev–Trinajstić information content (AvgIpc) is 1.63. The maximum Gasteiger partial charge on any atom is 0.0743 e. The smallest absolute Gasteiger partial charge is 0.0743 e. The summed E-state index contributed by atoms with van der Waals surface area (Å²) in [6.07, 6.45) is 0.811. The van der Waals surface area contributed by atoms with E-state index in [-0.39, 0.29) is 16.5 Å². The van der Waals surface area contributed by atoms with Crippen molar-refractivity contribution >= 4 is 0 Å². The van der Waals surface area contributed by atoms with E-state index in [9.17, 15) is 5.11 Å². The average molecular weight is 190 g/mol. The molecule has 1 N–H and O–H groups in total. The molecule has 0 heterocycles. The summed E-state index contributed by atoms with van der Waals surface area (Å²) < 4.78 is 0. The van der Waals surface area contributed by atoms with Crippen LogP contribution in [0.4, 0.5) is 0 Å².